The maximum Gasteiger partial charge on any atom is 0.253 e. The number of carbonyl (C=O) groups excluding carboxylic acids is 2. The first-order valence-electron chi connectivity index (χ1n) is 12.3. The molecule has 3 aromatic carbocycles. The third-order valence-electron chi connectivity index (χ3n) is 6.65. The van der Waals surface area contributed by atoms with Crippen molar-refractivity contribution in [3.63, 3.8) is 0 Å². The first kappa shape index (κ1) is 24.5. The van der Waals surface area contributed by atoms with Crippen molar-refractivity contribution in [2.75, 3.05) is 18.0 Å². The molecule has 2 amide bonds. The average Bonchev–Trinajstić information content (AvgIpc) is 2.89. The minimum absolute atomic E-state index is 0.0741. The molecule has 0 radical (unpaired) electrons. The third kappa shape index (κ3) is 6.07. The van der Waals surface area contributed by atoms with Crippen molar-refractivity contribution in [3.05, 3.63) is 101 Å². The van der Waals surface area contributed by atoms with Crippen LogP contribution in [-0.4, -0.2) is 30.9 Å². The van der Waals surface area contributed by atoms with Gasteiger partial charge in [0.1, 0.15) is 5.82 Å². The molecule has 35 heavy (non-hydrogen) atoms. The number of benzene rings is 3. The molecule has 1 heterocycles. The highest BCUT2D eigenvalue weighted by atomic mass is 19.1. The van der Waals surface area contributed by atoms with Gasteiger partial charge in [0.05, 0.1) is 11.5 Å². The van der Waals surface area contributed by atoms with Gasteiger partial charge in [0.2, 0.25) is 5.91 Å². The molecule has 1 aliphatic rings. The van der Waals surface area contributed by atoms with Crippen LogP contribution in [0.1, 0.15) is 53.6 Å². The molecule has 1 aliphatic heterocycles. The fraction of sp³-hybridized carbons (Fsp3) is 0.310. The smallest absolute Gasteiger partial charge is 0.253 e. The summed E-state index contributed by atoms with van der Waals surface area (Å²) in [6.45, 7) is 3.65. The second-order valence-corrected chi connectivity index (χ2v) is 8.93. The minimum atomic E-state index is -0.331. The molecule has 0 spiro atoms. The summed E-state index contributed by atoms with van der Waals surface area (Å²) < 4.78 is 13.9. The van der Waals surface area contributed by atoms with Crippen LogP contribution in [0.5, 0.6) is 0 Å². The first-order chi connectivity index (χ1) is 17.1. The van der Waals surface area contributed by atoms with E-state index in [4.69, 9.17) is 0 Å². The summed E-state index contributed by atoms with van der Waals surface area (Å²) in [5, 5.41) is 6.08. The van der Waals surface area contributed by atoms with E-state index in [1.165, 1.54) is 6.07 Å². The monoisotopic (exact) mass is 473 g/mol. The first-order valence-corrected chi connectivity index (χ1v) is 12.3. The minimum Gasteiger partial charge on any atom is -0.371 e. The molecule has 0 aliphatic carbocycles. The summed E-state index contributed by atoms with van der Waals surface area (Å²) in [6, 6.07) is 24.0. The van der Waals surface area contributed by atoms with Crippen LogP contribution in [0.15, 0.2) is 78.9 Å². The molecule has 5 nitrogen and oxygen atoms in total. The third-order valence-corrected chi connectivity index (χ3v) is 6.65. The predicted molar refractivity (Wildman–Crippen MR) is 137 cm³/mol. The van der Waals surface area contributed by atoms with E-state index in [9.17, 15) is 14.0 Å². The number of nitrogens with zero attached hydrogens (tertiary/aromatic N) is 1. The van der Waals surface area contributed by atoms with E-state index in [2.05, 4.69) is 15.5 Å². The largest absolute Gasteiger partial charge is 0.371 e. The summed E-state index contributed by atoms with van der Waals surface area (Å²) in [5.41, 5.74) is 2.93. The Morgan fingerprint density at radius 3 is 2.31 bits per heavy atom. The molecule has 0 bridgehead atoms. The van der Waals surface area contributed by atoms with Crippen LogP contribution >= 0.6 is 0 Å². The van der Waals surface area contributed by atoms with E-state index < -0.39 is 0 Å². The van der Waals surface area contributed by atoms with Crippen LogP contribution in [0, 0.1) is 5.82 Å². The van der Waals surface area contributed by atoms with Gasteiger partial charge in [0.25, 0.3) is 5.91 Å². The van der Waals surface area contributed by atoms with Crippen molar-refractivity contribution in [2.45, 2.75) is 44.7 Å². The SMILES string of the molecule is CC[C@@H](C(=O)NC1CCN(c2ccccc2C(=O)NCc2ccccc2F)CC1)c1ccccc1. The van der Waals surface area contributed by atoms with Crippen molar-refractivity contribution >= 4 is 17.5 Å². The highest BCUT2D eigenvalue weighted by Crippen LogP contribution is 2.26. The van der Waals surface area contributed by atoms with Gasteiger partial charge in [0.15, 0.2) is 0 Å². The van der Waals surface area contributed by atoms with E-state index in [1.807, 2.05) is 55.5 Å². The fourth-order valence-electron chi connectivity index (χ4n) is 4.68. The summed E-state index contributed by atoms with van der Waals surface area (Å²) >= 11 is 0. The number of hydrogen-bond acceptors (Lipinski definition) is 3. The van der Waals surface area contributed by atoms with Crippen LogP contribution in [0.2, 0.25) is 0 Å². The van der Waals surface area contributed by atoms with Gasteiger partial charge in [-0.2, -0.15) is 0 Å². The average molecular weight is 474 g/mol. The van der Waals surface area contributed by atoms with Gasteiger partial charge >= 0.3 is 0 Å². The molecule has 0 saturated carbocycles. The topological polar surface area (TPSA) is 61.4 Å². The number of hydrogen-bond donors (Lipinski definition) is 2. The number of para-hydroxylation sites is 1. The lowest BCUT2D eigenvalue weighted by Crippen LogP contribution is -2.46. The van der Waals surface area contributed by atoms with Gasteiger partial charge in [-0.05, 0) is 43.0 Å². The Morgan fingerprint density at radius 1 is 0.943 bits per heavy atom. The highest BCUT2D eigenvalue weighted by molar-refractivity contribution is 5.99. The number of piperidine rings is 1. The van der Waals surface area contributed by atoms with E-state index in [0.29, 0.717) is 11.1 Å². The maximum atomic E-state index is 13.9. The highest BCUT2D eigenvalue weighted by Gasteiger charge is 2.26. The standard InChI is InChI=1S/C29H32FN3O2/c1-2-24(21-10-4-3-5-11-21)29(35)32-23-16-18-33(19-17-23)27-15-9-7-13-25(27)28(34)31-20-22-12-6-8-14-26(22)30/h3-15,23-24H,2,16-20H2,1H3,(H,31,34)(H,32,35)/t24-/m1/s1. The molecule has 2 N–H and O–H groups in total. The van der Waals surface area contributed by atoms with Crippen molar-refractivity contribution in [1.29, 1.82) is 0 Å². The Bertz CT molecular complexity index is 1140. The Balaban J connectivity index is 1.35. The van der Waals surface area contributed by atoms with Crippen LogP contribution < -0.4 is 15.5 Å². The van der Waals surface area contributed by atoms with Gasteiger partial charge in [0, 0.05) is 36.9 Å². The lowest BCUT2D eigenvalue weighted by molar-refractivity contribution is -0.123. The maximum absolute atomic E-state index is 13.9. The van der Waals surface area contributed by atoms with E-state index in [-0.39, 0.29) is 36.1 Å². The van der Waals surface area contributed by atoms with Crippen LogP contribution in [-0.2, 0) is 11.3 Å². The molecule has 6 heteroatoms. The number of nitrogens with one attached hydrogen (secondary N) is 2. The second-order valence-electron chi connectivity index (χ2n) is 8.93. The number of anilines is 1. The zero-order chi connectivity index (χ0) is 24.6. The van der Waals surface area contributed by atoms with Crippen molar-refractivity contribution in [3.8, 4) is 0 Å². The van der Waals surface area contributed by atoms with Crippen molar-refractivity contribution in [2.24, 2.45) is 0 Å². The molecule has 0 unspecified atom stereocenters. The molecular formula is C29H32FN3O2. The van der Waals surface area contributed by atoms with Gasteiger partial charge in [-0.15, -0.1) is 0 Å². The molecule has 1 saturated heterocycles. The van der Waals surface area contributed by atoms with E-state index in [1.54, 1.807) is 24.3 Å². The number of amides is 2. The predicted octanol–water partition coefficient (Wildman–Crippen LogP) is 5.03. The van der Waals surface area contributed by atoms with Crippen molar-refractivity contribution < 1.29 is 14.0 Å². The Labute approximate surface area is 206 Å². The molecular weight excluding hydrogens is 441 g/mol. The quantitative estimate of drug-likeness (QED) is 0.482. The lowest BCUT2D eigenvalue weighted by Gasteiger charge is -2.35. The number of carbonyl (C=O) groups is 2. The van der Waals surface area contributed by atoms with Gasteiger partial charge in [-0.25, -0.2) is 4.39 Å². The summed E-state index contributed by atoms with van der Waals surface area (Å²) in [5.74, 6) is -0.631. The van der Waals surface area contributed by atoms with E-state index >= 15 is 0 Å². The van der Waals surface area contributed by atoms with Gasteiger partial charge in [-0.3, -0.25) is 9.59 Å². The van der Waals surface area contributed by atoms with E-state index in [0.717, 1.165) is 43.6 Å². The molecule has 182 valence electrons. The van der Waals surface area contributed by atoms with Crippen LogP contribution in [0.3, 0.4) is 0 Å². The molecule has 1 atom stereocenters. The van der Waals surface area contributed by atoms with Crippen molar-refractivity contribution in [1.82, 2.24) is 10.6 Å². The molecule has 3 aromatic rings. The Hall–Kier alpha value is -3.67. The summed E-state index contributed by atoms with van der Waals surface area (Å²) in [4.78, 5) is 28.1. The van der Waals surface area contributed by atoms with Gasteiger partial charge < -0.3 is 15.5 Å². The van der Waals surface area contributed by atoms with Crippen LogP contribution in [0.4, 0.5) is 10.1 Å². The zero-order valence-electron chi connectivity index (χ0n) is 20.0. The molecule has 1 fully saturated rings. The Kier molecular flexibility index (Phi) is 8.14. The summed E-state index contributed by atoms with van der Waals surface area (Å²) in [6.07, 6.45) is 2.37. The number of rotatable bonds is 8. The normalized spacial score (nSPS) is 14.9. The fourth-order valence-corrected chi connectivity index (χ4v) is 4.68. The lowest BCUT2D eigenvalue weighted by atomic mass is 9.94. The second kappa shape index (κ2) is 11.6. The number of halogens is 1. The Morgan fingerprint density at radius 2 is 1.60 bits per heavy atom. The van der Waals surface area contributed by atoms with Gasteiger partial charge in [-0.1, -0.05) is 67.6 Å². The molecule has 0 aromatic heterocycles. The zero-order valence-corrected chi connectivity index (χ0v) is 20.0. The summed E-state index contributed by atoms with van der Waals surface area (Å²) in [7, 11) is 0. The van der Waals surface area contributed by atoms with Crippen LogP contribution in [0.25, 0.3) is 0 Å². The molecule has 4 rings (SSSR count).